The zero-order chi connectivity index (χ0) is 9.97. The van der Waals surface area contributed by atoms with Crippen LogP contribution in [-0.2, 0) is 0 Å². The fourth-order valence-electron chi connectivity index (χ4n) is 1.51. The fourth-order valence-corrected chi connectivity index (χ4v) is 1.51. The van der Waals surface area contributed by atoms with E-state index in [1.54, 1.807) is 36.5 Å². The second-order valence-corrected chi connectivity index (χ2v) is 3.15. The molecule has 14 heavy (non-hydrogen) atoms. The van der Waals surface area contributed by atoms with Gasteiger partial charge in [0.05, 0.1) is 0 Å². The van der Waals surface area contributed by atoms with Crippen LogP contribution in [0, 0.1) is 9.81 Å². The molecule has 0 fully saturated rings. The van der Waals surface area contributed by atoms with E-state index in [1.165, 1.54) is 0 Å². The monoisotopic (exact) mass is 188 g/mol. The number of nitroso groups, excluding NO2 is 2. The first kappa shape index (κ1) is 8.74. The molecule has 70 valence electrons. The number of fused-ring (bicyclic) bond motifs is 1. The number of allylic oxidation sites excluding steroid dienone is 4. The Hall–Kier alpha value is -1.84. The van der Waals surface area contributed by atoms with Crippen molar-refractivity contribution in [1.29, 1.82) is 0 Å². The standard InChI is InChI=1S/C10H8N2O2/c13-11-9-3-1-7-5-10(12-14)4-2-8(7)6-9/h1-6,9-10H. The average molecular weight is 188 g/mol. The Bertz CT molecular complexity index is 353. The lowest BCUT2D eigenvalue weighted by atomic mass is 9.91. The van der Waals surface area contributed by atoms with Crippen LogP contribution in [0.4, 0.5) is 0 Å². The summed E-state index contributed by atoms with van der Waals surface area (Å²) in [5.74, 6) is 0. The normalized spacial score (nSPS) is 28.9. The Labute approximate surface area is 80.6 Å². The Balaban J connectivity index is 2.31. The molecule has 0 radical (unpaired) electrons. The highest BCUT2D eigenvalue weighted by Crippen LogP contribution is 2.25. The van der Waals surface area contributed by atoms with Crippen molar-refractivity contribution in [2.24, 2.45) is 10.4 Å². The van der Waals surface area contributed by atoms with Gasteiger partial charge in [-0.05, 0) is 23.3 Å². The zero-order valence-electron chi connectivity index (χ0n) is 7.33. The van der Waals surface area contributed by atoms with Crippen LogP contribution >= 0.6 is 0 Å². The second-order valence-electron chi connectivity index (χ2n) is 3.15. The Morgan fingerprint density at radius 1 is 0.857 bits per heavy atom. The summed E-state index contributed by atoms with van der Waals surface area (Å²) in [6.07, 6.45) is 10.5. The predicted octanol–water partition coefficient (Wildman–Crippen LogP) is 2.25. The highest BCUT2D eigenvalue weighted by atomic mass is 16.3. The molecule has 0 aliphatic heterocycles. The third-order valence-electron chi connectivity index (χ3n) is 2.22. The number of rotatable bonds is 2. The van der Waals surface area contributed by atoms with Crippen LogP contribution in [0.25, 0.3) is 0 Å². The molecule has 2 atom stereocenters. The minimum atomic E-state index is -0.396. The van der Waals surface area contributed by atoms with Gasteiger partial charge in [-0.3, -0.25) is 0 Å². The molecule has 0 aromatic carbocycles. The van der Waals surface area contributed by atoms with Crippen molar-refractivity contribution in [3.05, 3.63) is 57.4 Å². The number of hydrogen-bond donors (Lipinski definition) is 0. The minimum absolute atomic E-state index is 0.396. The van der Waals surface area contributed by atoms with Crippen LogP contribution in [0.3, 0.4) is 0 Å². The number of hydrogen-bond acceptors (Lipinski definition) is 4. The molecule has 0 aromatic heterocycles. The van der Waals surface area contributed by atoms with Gasteiger partial charge in [0.2, 0.25) is 0 Å². The van der Waals surface area contributed by atoms with Crippen molar-refractivity contribution in [1.82, 2.24) is 0 Å². The molecule has 0 bridgehead atoms. The molecular weight excluding hydrogens is 180 g/mol. The van der Waals surface area contributed by atoms with Crippen molar-refractivity contribution in [3.63, 3.8) is 0 Å². The van der Waals surface area contributed by atoms with Gasteiger partial charge in [0.15, 0.2) is 0 Å². The van der Waals surface area contributed by atoms with E-state index < -0.39 is 12.1 Å². The van der Waals surface area contributed by atoms with E-state index >= 15 is 0 Å². The fraction of sp³-hybridized carbons (Fsp3) is 0.200. The summed E-state index contributed by atoms with van der Waals surface area (Å²) in [6, 6.07) is -0.792. The quantitative estimate of drug-likeness (QED) is 0.624. The molecule has 4 nitrogen and oxygen atoms in total. The molecule has 0 spiro atoms. The molecular formula is C10H8N2O2. The van der Waals surface area contributed by atoms with Gasteiger partial charge in [0.1, 0.15) is 12.1 Å². The first-order valence-corrected chi connectivity index (χ1v) is 4.29. The largest absolute Gasteiger partial charge is 0.150 e. The summed E-state index contributed by atoms with van der Waals surface area (Å²) in [6.45, 7) is 0. The molecule has 4 heteroatoms. The minimum Gasteiger partial charge on any atom is -0.150 e. The van der Waals surface area contributed by atoms with Gasteiger partial charge in [-0.2, -0.15) is 0 Å². The van der Waals surface area contributed by atoms with E-state index in [1.807, 2.05) is 0 Å². The van der Waals surface area contributed by atoms with E-state index in [4.69, 9.17) is 0 Å². The van der Waals surface area contributed by atoms with Gasteiger partial charge in [-0.15, -0.1) is 9.81 Å². The maximum absolute atomic E-state index is 10.3. The molecule has 2 aliphatic carbocycles. The van der Waals surface area contributed by atoms with Crippen molar-refractivity contribution in [2.75, 3.05) is 0 Å². The van der Waals surface area contributed by atoms with Crippen molar-refractivity contribution < 1.29 is 0 Å². The van der Waals surface area contributed by atoms with E-state index in [2.05, 4.69) is 10.4 Å². The highest BCUT2D eigenvalue weighted by Gasteiger charge is 2.15. The van der Waals surface area contributed by atoms with Crippen LogP contribution in [0.1, 0.15) is 0 Å². The van der Waals surface area contributed by atoms with Crippen molar-refractivity contribution >= 4 is 0 Å². The van der Waals surface area contributed by atoms with Gasteiger partial charge < -0.3 is 0 Å². The van der Waals surface area contributed by atoms with Crippen LogP contribution in [0.2, 0.25) is 0 Å². The lowest BCUT2D eigenvalue weighted by Gasteiger charge is -2.15. The molecule has 2 aliphatic rings. The third-order valence-corrected chi connectivity index (χ3v) is 2.22. The van der Waals surface area contributed by atoms with Crippen molar-refractivity contribution in [3.8, 4) is 0 Å². The number of nitrogens with zero attached hydrogens (tertiary/aromatic N) is 2. The van der Waals surface area contributed by atoms with Crippen LogP contribution in [0.15, 0.2) is 58.0 Å². The maximum Gasteiger partial charge on any atom is 0.129 e. The second kappa shape index (κ2) is 3.49. The Morgan fingerprint density at radius 3 is 1.64 bits per heavy atom. The summed E-state index contributed by atoms with van der Waals surface area (Å²) in [7, 11) is 0. The molecule has 0 N–H and O–H groups in total. The van der Waals surface area contributed by atoms with Crippen LogP contribution < -0.4 is 0 Å². The average Bonchev–Trinajstić information content (AvgIpc) is 2.27. The molecule has 0 amide bonds. The Morgan fingerprint density at radius 2 is 1.29 bits per heavy atom. The van der Waals surface area contributed by atoms with Gasteiger partial charge in [-0.25, -0.2) is 0 Å². The first-order valence-electron chi connectivity index (χ1n) is 4.29. The van der Waals surface area contributed by atoms with E-state index in [9.17, 15) is 9.81 Å². The molecule has 0 saturated carbocycles. The van der Waals surface area contributed by atoms with Gasteiger partial charge in [0.25, 0.3) is 0 Å². The summed E-state index contributed by atoms with van der Waals surface area (Å²) in [5, 5.41) is 5.84. The van der Waals surface area contributed by atoms with Gasteiger partial charge >= 0.3 is 0 Å². The van der Waals surface area contributed by atoms with E-state index in [0.717, 1.165) is 11.1 Å². The topological polar surface area (TPSA) is 58.9 Å². The molecule has 2 rings (SSSR count). The van der Waals surface area contributed by atoms with Crippen molar-refractivity contribution in [2.45, 2.75) is 12.1 Å². The maximum atomic E-state index is 10.3. The molecule has 0 heterocycles. The van der Waals surface area contributed by atoms with Crippen LogP contribution in [-0.4, -0.2) is 12.1 Å². The smallest absolute Gasteiger partial charge is 0.129 e. The summed E-state index contributed by atoms with van der Waals surface area (Å²) in [4.78, 5) is 20.6. The summed E-state index contributed by atoms with van der Waals surface area (Å²) >= 11 is 0. The van der Waals surface area contributed by atoms with Crippen LogP contribution in [0.5, 0.6) is 0 Å². The molecule has 0 saturated heterocycles. The van der Waals surface area contributed by atoms with E-state index in [0.29, 0.717) is 0 Å². The lowest BCUT2D eigenvalue weighted by molar-refractivity contribution is 0.959. The highest BCUT2D eigenvalue weighted by molar-refractivity contribution is 5.54. The predicted molar refractivity (Wildman–Crippen MR) is 53.6 cm³/mol. The van der Waals surface area contributed by atoms with E-state index in [-0.39, 0.29) is 0 Å². The zero-order valence-corrected chi connectivity index (χ0v) is 7.33. The molecule has 0 aromatic rings. The third kappa shape index (κ3) is 1.46. The SMILES string of the molecule is O=NC1C=CC2=CC(N=O)C=CC2=C1. The van der Waals surface area contributed by atoms with Gasteiger partial charge in [-0.1, -0.05) is 34.7 Å². The summed E-state index contributed by atoms with van der Waals surface area (Å²) in [5.41, 5.74) is 1.86. The molecule has 2 unspecified atom stereocenters. The lowest BCUT2D eigenvalue weighted by Crippen LogP contribution is -2.08. The van der Waals surface area contributed by atoms with Gasteiger partial charge in [0, 0.05) is 0 Å². The summed E-state index contributed by atoms with van der Waals surface area (Å²) < 4.78 is 0. The Kier molecular flexibility index (Phi) is 2.18. The first-order chi connectivity index (χ1) is 6.83.